The van der Waals surface area contributed by atoms with Crippen molar-refractivity contribution in [3.8, 4) is 11.8 Å². The highest BCUT2D eigenvalue weighted by atomic mass is 35.5. The molecule has 18 heavy (non-hydrogen) atoms. The zero-order chi connectivity index (χ0) is 13.0. The van der Waals surface area contributed by atoms with E-state index in [-0.39, 0.29) is 0 Å². The lowest BCUT2D eigenvalue weighted by Crippen LogP contribution is -1.92. The van der Waals surface area contributed by atoms with Crippen LogP contribution in [0.25, 0.3) is 0 Å². The van der Waals surface area contributed by atoms with Crippen LogP contribution in [0.2, 0.25) is 5.02 Å². The molecule has 1 N–H and O–H groups in total. The van der Waals surface area contributed by atoms with Gasteiger partial charge >= 0.3 is 0 Å². The number of nitrogens with zero attached hydrogens (tertiary/aromatic N) is 1. The average molecular weight is 259 g/mol. The second kappa shape index (κ2) is 5.44. The van der Waals surface area contributed by atoms with E-state index in [0.717, 1.165) is 11.4 Å². The smallest absolute Gasteiger partial charge is 0.137 e. The Morgan fingerprint density at radius 3 is 2.61 bits per heavy atom. The van der Waals surface area contributed by atoms with E-state index in [2.05, 4.69) is 11.4 Å². The fourth-order valence-corrected chi connectivity index (χ4v) is 1.83. The molecular formula is C14H11ClN2O. The summed E-state index contributed by atoms with van der Waals surface area (Å²) in [4.78, 5) is 0. The van der Waals surface area contributed by atoms with Crippen LogP contribution < -0.4 is 10.1 Å². The molecule has 0 aliphatic carbocycles. The molecule has 0 spiro atoms. The number of hydrogen-bond donors (Lipinski definition) is 1. The Bertz CT molecular complexity index is 605. The predicted molar refractivity (Wildman–Crippen MR) is 72.4 cm³/mol. The van der Waals surface area contributed by atoms with Crippen LogP contribution in [0.3, 0.4) is 0 Å². The highest BCUT2D eigenvalue weighted by molar-refractivity contribution is 6.32. The van der Waals surface area contributed by atoms with Gasteiger partial charge in [-0.25, -0.2) is 0 Å². The summed E-state index contributed by atoms with van der Waals surface area (Å²) in [5.41, 5.74) is 2.30. The van der Waals surface area contributed by atoms with Gasteiger partial charge in [-0.15, -0.1) is 0 Å². The Hall–Kier alpha value is -2.18. The van der Waals surface area contributed by atoms with Gasteiger partial charge in [-0.2, -0.15) is 5.26 Å². The quantitative estimate of drug-likeness (QED) is 0.906. The number of benzene rings is 2. The first-order valence-corrected chi connectivity index (χ1v) is 5.71. The molecule has 0 heterocycles. The molecule has 2 aromatic rings. The molecule has 0 aliphatic rings. The number of anilines is 2. The molecule has 0 aliphatic heterocycles. The molecule has 2 rings (SSSR count). The van der Waals surface area contributed by atoms with Gasteiger partial charge < -0.3 is 10.1 Å². The van der Waals surface area contributed by atoms with Gasteiger partial charge in [0.05, 0.1) is 23.8 Å². The summed E-state index contributed by atoms with van der Waals surface area (Å²) < 4.78 is 5.08. The van der Waals surface area contributed by atoms with Crippen molar-refractivity contribution in [2.45, 2.75) is 0 Å². The van der Waals surface area contributed by atoms with E-state index >= 15 is 0 Å². The third kappa shape index (κ3) is 2.73. The van der Waals surface area contributed by atoms with Crippen molar-refractivity contribution in [1.82, 2.24) is 0 Å². The van der Waals surface area contributed by atoms with Gasteiger partial charge in [0.25, 0.3) is 0 Å². The summed E-state index contributed by atoms with van der Waals surface area (Å²) in [7, 11) is 1.57. The van der Waals surface area contributed by atoms with E-state index in [9.17, 15) is 0 Å². The van der Waals surface area contributed by atoms with Crippen molar-refractivity contribution >= 4 is 23.0 Å². The topological polar surface area (TPSA) is 45.0 Å². The van der Waals surface area contributed by atoms with E-state index in [1.807, 2.05) is 18.2 Å². The molecule has 90 valence electrons. The van der Waals surface area contributed by atoms with E-state index < -0.39 is 0 Å². The number of ether oxygens (including phenoxy) is 1. The first-order valence-electron chi connectivity index (χ1n) is 5.33. The van der Waals surface area contributed by atoms with Crippen LogP contribution in [0.15, 0.2) is 42.5 Å². The van der Waals surface area contributed by atoms with Gasteiger partial charge in [0.2, 0.25) is 0 Å². The van der Waals surface area contributed by atoms with Crippen LogP contribution >= 0.6 is 11.6 Å². The van der Waals surface area contributed by atoms with Crippen LogP contribution in [-0.4, -0.2) is 7.11 Å². The average Bonchev–Trinajstić information content (AvgIpc) is 2.39. The van der Waals surface area contributed by atoms with E-state index in [1.165, 1.54) is 0 Å². The van der Waals surface area contributed by atoms with Gasteiger partial charge in [-0.05, 0) is 36.4 Å². The lowest BCUT2D eigenvalue weighted by Gasteiger charge is -2.09. The van der Waals surface area contributed by atoms with Crippen LogP contribution in [0.1, 0.15) is 5.56 Å². The Labute approximate surface area is 111 Å². The van der Waals surface area contributed by atoms with Crippen molar-refractivity contribution in [2.75, 3.05) is 12.4 Å². The van der Waals surface area contributed by atoms with Gasteiger partial charge in [-0.3, -0.25) is 0 Å². The monoisotopic (exact) mass is 258 g/mol. The lowest BCUT2D eigenvalue weighted by atomic mass is 10.2. The molecule has 0 radical (unpaired) electrons. The molecule has 0 saturated carbocycles. The van der Waals surface area contributed by atoms with Gasteiger partial charge in [0.15, 0.2) is 0 Å². The van der Waals surface area contributed by atoms with Crippen LogP contribution in [0.4, 0.5) is 11.4 Å². The number of hydrogen-bond acceptors (Lipinski definition) is 3. The van der Waals surface area contributed by atoms with Gasteiger partial charge in [0, 0.05) is 11.4 Å². The first-order chi connectivity index (χ1) is 8.72. The number of nitriles is 1. The van der Waals surface area contributed by atoms with Crippen molar-refractivity contribution in [3.63, 3.8) is 0 Å². The molecule has 0 fully saturated rings. The summed E-state index contributed by atoms with van der Waals surface area (Å²) in [5, 5.41) is 12.5. The van der Waals surface area contributed by atoms with Crippen molar-refractivity contribution in [2.24, 2.45) is 0 Å². The number of rotatable bonds is 3. The minimum absolute atomic E-state index is 0.541. The van der Waals surface area contributed by atoms with Gasteiger partial charge in [-0.1, -0.05) is 17.7 Å². The van der Waals surface area contributed by atoms with E-state index in [1.54, 1.807) is 31.4 Å². The maximum atomic E-state index is 8.83. The Morgan fingerprint density at radius 2 is 1.94 bits per heavy atom. The summed E-state index contributed by atoms with van der Waals surface area (Å²) in [6, 6.07) is 14.8. The summed E-state index contributed by atoms with van der Waals surface area (Å²) in [6.07, 6.45) is 0. The van der Waals surface area contributed by atoms with Crippen LogP contribution in [0.5, 0.6) is 5.75 Å². The Morgan fingerprint density at radius 1 is 1.17 bits per heavy atom. The van der Waals surface area contributed by atoms with E-state index in [0.29, 0.717) is 16.3 Å². The predicted octanol–water partition coefficient (Wildman–Crippen LogP) is 3.96. The van der Waals surface area contributed by atoms with Crippen LogP contribution in [0, 0.1) is 11.3 Å². The maximum absolute atomic E-state index is 8.83. The summed E-state index contributed by atoms with van der Waals surface area (Å²) in [6.45, 7) is 0. The molecular weight excluding hydrogens is 248 g/mol. The molecule has 0 atom stereocenters. The minimum Gasteiger partial charge on any atom is -0.495 e. The third-order valence-corrected chi connectivity index (χ3v) is 2.73. The maximum Gasteiger partial charge on any atom is 0.137 e. The van der Waals surface area contributed by atoms with Crippen molar-refractivity contribution in [1.29, 1.82) is 5.26 Å². The Kier molecular flexibility index (Phi) is 3.71. The fraction of sp³-hybridized carbons (Fsp3) is 0.0714. The Balaban J connectivity index is 2.23. The second-order valence-corrected chi connectivity index (χ2v) is 4.07. The first kappa shape index (κ1) is 12.3. The highest BCUT2D eigenvalue weighted by Gasteiger charge is 2.02. The number of nitrogens with one attached hydrogen (secondary N) is 1. The highest BCUT2D eigenvalue weighted by Crippen LogP contribution is 2.28. The zero-order valence-electron chi connectivity index (χ0n) is 9.77. The van der Waals surface area contributed by atoms with Gasteiger partial charge in [0.1, 0.15) is 5.75 Å². The zero-order valence-corrected chi connectivity index (χ0v) is 10.5. The normalized spacial score (nSPS) is 9.61. The van der Waals surface area contributed by atoms with Crippen LogP contribution in [-0.2, 0) is 0 Å². The number of halogens is 1. The fourth-order valence-electron chi connectivity index (χ4n) is 1.58. The molecule has 3 nitrogen and oxygen atoms in total. The third-order valence-electron chi connectivity index (χ3n) is 2.43. The largest absolute Gasteiger partial charge is 0.495 e. The van der Waals surface area contributed by atoms with Crippen molar-refractivity contribution in [3.05, 3.63) is 53.1 Å². The molecule has 2 aromatic carbocycles. The molecule has 0 unspecified atom stereocenters. The number of methoxy groups -OCH3 is 1. The summed E-state index contributed by atoms with van der Waals surface area (Å²) in [5.74, 6) is 0.632. The lowest BCUT2D eigenvalue weighted by molar-refractivity contribution is 0.415. The minimum atomic E-state index is 0.541. The molecule has 0 saturated heterocycles. The molecule has 0 amide bonds. The molecule has 4 heteroatoms. The molecule has 0 aromatic heterocycles. The summed E-state index contributed by atoms with van der Waals surface area (Å²) >= 11 is 6.04. The SMILES string of the molecule is COc1ccc(Nc2cccc(C#N)c2)cc1Cl. The standard InChI is InChI=1S/C14H11ClN2O/c1-18-14-6-5-12(8-13(14)15)17-11-4-2-3-10(7-11)9-16/h2-8,17H,1H3. The van der Waals surface area contributed by atoms with E-state index in [4.69, 9.17) is 21.6 Å². The molecule has 0 bridgehead atoms. The second-order valence-electron chi connectivity index (χ2n) is 3.67. The van der Waals surface area contributed by atoms with Crippen molar-refractivity contribution < 1.29 is 4.74 Å².